The van der Waals surface area contributed by atoms with E-state index in [1.807, 2.05) is 0 Å². The summed E-state index contributed by atoms with van der Waals surface area (Å²) in [5.41, 5.74) is 3.23. The van der Waals surface area contributed by atoms with E-state index in [2.05, 4.69) is 94.8 Å². The lowest BCUT2D eigenvalue weighted by Crippen LogP contribution is -2.47. The van der Waals surface area contributed by atoms with Crippen molar-refractivity contribution >= 4 is 37.5 Å². The Morgan fingerprint density at radius 2 is 1.30 bits per heavy atom. The highest BCUT2D eigenvalue weighted by Crippen LogP contribution is 2.42. The van der Waals surface area contributed by atoms with Gasteiger partial charge in [0.15, 0.2) is 0 Å². The largest absolute Gasteiger partial charge is 0.412 e. The van der Waals surface area contributed by atoms with Gasteiger partial charge in [-0.3, -0.25) is 0 Å². The molecule has 0 aliphatic carbocycles. The summed E-state index contributed by atoms with van der Waals surface area (Å²) in [6.45, 7) is 19.6. The molecule has 132 valence electrons. The van der Waals surface area contributed by atoms with Gasteiger partial charge in [-0.25, -0.2) is 0 Å². The minimum atomic E-state index is -1.77. The molecule has 1 aromatic carbocycles. The first-order valence-corrected chi connectivity index (χ1v) is 15.3. The third kappa shape index (κ3) is 4.80. The zero-order chi connectivity index (χ0) is 17.8. The molecule has 0 unspecified atom stereocenters. The smallest absolute Gasteiger partial charge is 0.200 e. The van der Waals surface area contributed by atoms with Gasteiger partial charge in [-0.2, -0.15) is 0 Å². The van der Waals surface area contributed by atoms with Gasteiger partial charge in [0.05, 0.1) is 14.7 Å². The van der Waals surface area contributed by atoms with E-state index in [1.54, 1.807) is 0 Å². The summed E-state index contributed by atoms with van der Waals surface area (Å²) in [7, 11) is -3.07. The number of hydrogen-bond donors (Lipinski definition) is 0. The molecule has 0 saturated heterocycles. The van der Waals surface area contributed by atoms with E-state index in [4.69, 9.17) is 4.43 Å². The van der Waals surface area contributed by atoms with Crippen molar-refractivity contribution < 1.29 is 4.43 Å². The Morgan fingerprint density at radius 3 is 1.65 bits per heavy atom. The molecule has 0 bridgehead atoms. The van der Waals surface area contributed by atoms with Gasteiger partial charge >= 0.3 is 0 Å². The van der Waals surface area contributed by atoms with Crippen LogP contribution in [0.5, 0.6) is 0 Å². The Morgan fingerprint density at radius 1 is 0.870 bits per heavy atom. The lowest BCUT2D eigenvalue weighted by Gasteiger charge is -2.42. The van der Waals surface area contributed by atoms with Gasteiger partial charge in [-0.1, -0.05) is 100 Å². The van der Waals surface area contributed by atoms with Crippen molar-refractivity contribution in [2.75, 3.05) is 4.95 Å². The predicted molar refractivity (Wildman–Crippen MR) is 113 cm³/mol. The van der Waals surface area contributed by atoms with E-state index in [-0.39, 0.29) is 0 Å². The summed E-state index contributed by atoms with van der Waals surface area (Å²) in [5.74, 6) is 0. The molecule has 0 aliphatic rings. The van der Waals surface area contributed by atoms with Crippen LogP contribution in [0.25, 0.3) is 0 Å². The molecule has 0 fully saturated rings. The fourth-order valence-corrected chi connectivity index (χ4v) is 11.4. The van der Waals surface area contributed by atoms with Gasteiger partial charge in [0, 0.05) is 4.95 Å². The highest BCUT2D eigenvalue weighted by molar-refractivity contribution is 9.09. The number of benzene rings is 1. The van der Waals surface area contributed by atoms with E-state index in [0.717, 1.165) is 11.6 Å². The summed E-state index contributed by atoms with van der Waals surface area (Å²) in [4.78, 5) is 1.11. The first kappa shape index (κ1) is 21.1. The fourth-order valence-electron chi connectivity index (χ4n) is 3.84. The van der Waals surface area contributed by atoms with Crippen molar-refractivity contribution in [3.8, 4) is 0 Å². The summed E-state index contributed by atoms with van der Waals surface area (Å²) < 4.78 is 6.69. The second-order valence-electron chi connectivity index (χ2n) is 8.32. The van der Waals surface area contributed by atoms with Crippen LogP contribution in [-0.4, -0.2) is 21.3 Å². The predicted octanol–water partition coefficient (Wildman–Crippen LogP) is 6.23. The zero-order valence-electron chi connectivity index (χ0n) is 16.2. The SMILES string of the molecule is CC(C)[Si](OCc1ccc([Si](C)(C)CBr)cc1)(C(C)C)C(C)C. The first-order chi connectivity index (χ1) is 10.6. The monoisotopic (exact) mass is 414 g/mol. The van der Waals surface area contributed by atoms with Gasteiger partial charge in [0.2, 0.25) is 8.32 Å². The van der Waals surface area contributed by atoms with Gasteiger partial charge in [-0.05, 0) is 22.2 Å². The number of halogens is 1. The maximum Gasteiger partial charge on any atom is 0.200 e. The molecule has 0 heterocycles. The molecule has 1 rings (SSSR count). The van der Waals surface area contributed by atoms with Crippen LogP contribution in [0.4, 0.5) is 0 Å². The van der Waals surface area contributed by atoms with Gasteiger partial charge in [0.1, 0.15) is 0 Å². The van der Waals surface area contributed by atoms with Crippen LogP contribution in [0.2, 0.25) is 29.7 Å². The molecule has 1 nitrogen and oxygen atoms in total. The summed E-state index contributed by atoms with van der Waals surface area (Å²) >= 11 is 3.67. The van der Waals surface area contributed by atoms with Crippen molar-refractivity contribution in [1.82, 2.24) is 0 Å². The van der Waals surface area contributed by atoms with Crippen LogP contribution in [0.15, 0.2) is 24.3 Å². The van der Waals surface area contributed by atoms with Crippen molar-refractivity contribution in [1.29, 1.82) is 0 Å². The Hall–Kier alpha value is 0.0938. The third-order valence-electron chi connectivity index (χ3n) is 5.27. The van der Waals surface area contributed by atoms with Crippen molar-refractivity contribution in [3.63, 3.8) is 0 Å². The van der Waals surface area contributed by atoms with Crippen LogP contribution < -0.4 is 5.19 Å². The van der Waals surface area contributed by atoms with Gasteiger partial charge in [-0.15, -0.1) is 0 Å². The Labute approximate surface area is 154 Å². The molecule has 23 heavy (non-hydrogen) atoms. The average molecular weight is 416 g/mol. The topological polar surface area (TPSA) is 9.23 Å². The standard InChI is InChI=1S/C19H35BrOSi2/c1-15(2)23(16(3)4,17(5)6)21-13-18-9-11-19(12-10-18)22(7,8)14-20/h9-12,15-17H,13-14H2,1-8H3. The molecule has 0 aromatic heterocycles. The molecule has 4 heteroatoms. The van der Waals surface area contributed by atoms with E-state index >= 15 is 0 Å². The highest BCUT2D eigenvalue weighted by Gasteiger charge is 2.44. The van der Waals surface area contributed by atoms with Crippen LogP contribution in [0, 0.1) is 0 Å². The number of hydrogen-bond acceptors (Lipinski definition) is 1. The molecular weight excluding hydrogens is 380 g/mol. The average Bonchev–Trinajstić information content (AvgIpc) is 2.47. The van der Waals surface area contributed by atoms with E-state index in [0.29, 0.717) is 16.6 Å². The maximum absolute atomic E-state index is 6.69. The highest BCUT2D eigenvalue weighted by atomic mass is 79.9. The third-order valence-corrected chi connectivity index (χ3v) is 18.1. The molecule has 1 aromatic rings. The molecule has 0 atom stereocenters. The normalized spacial score (nSPS) is 13.4. The minimum Gasteiger partial charge on any atom is -0.412 e. The van der Waals surface area contributed by atoms with Crippen LogP contribution >= 0.6 is 15.9 Å². The molecule has 0 saturated carbocycles. The molecular formula is C19H35BrOSi2. The maximum atomic E-state index is 6.69. The lowest BCUT2D eigenvalue weighted by molar-refractivity contribution is 0.266. The summed E-state index contributed by atoms with van der Waals surface area (Å²) in [5, 5.41) is 1.51. The first-order valence-electron chi connectivity index (χ1n) is 8.87. The van der Waals surface area contributed by atoms with Crippen LogP contribution in [0.1, 0.15) is 47.1 Å². The van der Waals surface area contributed by atoms with E-state index in [9.17, 15) is 0 Å². The van der Waals surface area contributed by atoms with E-state index < -0.39 is 16.4 Å². The Kier molecular flexibility index (Phi) is 7.77. The van der Waals surface area contributed by atoms with E-state index in [1.165, 1.54) is 10.8 Å². The lowest BCUT2D eigenvalue weighted by atomic mass is 10.2. The fraction of sp³-hybridized carbons (Fsp3) is 0.684. The van der Waals surface area contributed by atoms with Crippen LogP contribution in [-0.2, 0) is 11.0 Å². The Bertz CT molecular complexity index is 459. The van der Waals surface area contributed by atoms with Gasteiger partial charge < -0.3 is 4.43 Å². The minimum absolute atomic E-state index is 0.640. The van der Waals surface area contributed by atoms with Crippen molar-refractivity contribution in [2.45, 2.75) is 77.9 Å². The second-order valence-corrected chi connectivity index (χ2v) is 20.1. The van der Waals surface area contributed by atoms with Gasteiger partial charge in [0.25, 0.3) is 0 Å². The molecule has 0 spiro atoms. The molecule has 0 radical (unpaired) electrons. The Balaban J connectivity index is 2.91. The van der Waals surface area contributed by atoms with Crippen molar-refractivity contribution in [2.24, 2.45) is 0 Å². The number of rotatable bonds is 8. The second kappa shape index (κ2) is 8.46. The zero-order valence-corrected chi connectivity index (χ0v) is 19.8. The van der Waals surface area contributed by atoms with Crippen LogP contribution in [0.3, 0.4) is 0 Å². The summed E-state index contributed by atoms with van der Waals surface area (Å²) in [6, 6.07) is 9.17. The molecule has 0 aliphatic heterocycles. The quantitative estimate of drug-likeness (QED) is 0.361. The number of alkyl halides is 1. The molecule has 0 amide bonds. The van der Waals surface area contributed by atoms with Crippen molar-refractivity contribution in [3.05, 3.63) is 29.8 Å². The summed E-state index contributed by atoms with van der Waals surface area (Å²) in [6.07, 6.45) is 0. The molecule has 0 N–H and O–H groups in total.